The lowest BCUT2D eigenvalue weighted by Crippen LogP contribution is -2.18. The smallest absolute Gasteiger partial charge is 0.251 e. The van der Waals surface area contributed by atoms with Gasteiger partial charge in [-0.3, -0.25) is 9.78 Å². The number of nitrogens with one attached hydrogen (secondary N) is 2. The quantitative estimate of drug-likeness (QED) is 0.307. The molecule has 2 N–H and O–H groups in total. The molecule has 8 nitrogen and oxygen atoms in total. The molecular formula is C23H23N7OS. The first-order valence-corrected chi connectivity index (χ1v) is 10.6. The Morgan fingerprint density at radius 3 is 2.66 bits per heavy atom. The number of amides is 1. The minimum Gasteiger partial charge on any atom is -0.369 e. The molecular weight excluding hydrogens is 422 g/mol. The van der Waals surface area contributed by atoms with Gasteiger partial charge in [0.2, 0.25) is 0 Å². The van der Waals surface area contributed by atoms with Gasteiger partial charge in [0.25, 0.3) is 5.91 Å². The van der Waals surface area contributed by atoms with Gasteiger partial charge >= 0.3 is 0 Å². The highest BCUT2D eigenvalue weighted by molar-refractivity contribution is 7.80. The predicted molar refractivity (Wildman–Crippen MR) is 127 cm³/mol. The summed E-state index contributed by atoms with van der Waals surface area (Å²) in [7, 11) is 1.62. The average molecular weight is 446 g/mol. The van der Waals surface area contributed by atoms with Crippen LogP contribution in [0.15, 0.2) is 54.1 Å². The van der Waals surface area contributed by atoms with Gasteiger partial charge in [-0.1, -0.05) is 25.1 Å². The summed E-state index contributed by atoms with van der Waals surface area (Å²) < 4.78 is 0. The van der Waals surface area contributed by atoms with Gasteiger partial charge < -0.3 is 10.6 Å². The number of pyridine rings is 1. The monoisotopic (exact) mass is 445 g/mol. The Bertz CT molecular complexity index is 1280. The minimum atomic E-state index is -0.129. The summed E-state index contributed by atoms with van der Waals surface area (Å²) in [5, 5.41) is 7.25. The summed E-state index contributed by atoms with van der Waals surface area (Å²) in [6.45, 7) is 4.55. The third-order valence-electron chi connectivity index (χ3n) is 5.19. The van der Waals surface area contributed by atoms with E-state index < -0.39 is 0 Å². The SMILES string of the molecule is CNC(=O)c1ccnc2c([C@H](C)CNc3cc(-c4cnc(C)nc4)nc(S)n3)cccc12. The van der Waals surface area contributed by atoms with Crippen molar-refractivity contribution in [2.24, 2.45) is 0 Å². The van der Waals surface area contributed by atoms with Gasteiger partial charge in [-0.15, -0.1) is 12.6 Å². The number of anilines is 1. The maximum absolute atomic E-state index is 12.2. The lowest BCUT2D eigenvalue weighted by molar-refractivity contribution is 0.0964. The van der Waals surface area contributed by atoms with Gasteiger partial charge in [-0.25, -0.2) is 19.9 Å². The van der Waals surface area contributed by atoms with E-state index in [0.717, 1.165) is 22.0 Å². The van der Waals surface area contributed by atoms with Crippen LogP contribution in [-0.4, -0.2) is 44.4 Å². The Morgan fingerprint density at radius 2 is 1.91 bits per heavy atom. The molecule has 0 saturated heterocycles. The van der Waals surface area contributed by atoms with E-state index in [2.05, 4.69) is 55.1 Å². The summed E-state index contributed by atoms with van der Waals surface area (Å²) >= 11 is 4.35. The molecule has 0 radical (unpaired) electrons. The zero-order chi connectivity index (χ0) is 22.7. The summed E-state index contributed by atoms with van der Waals surface area (Å²) in [5.74, 6) is 1.34. The Kier molecular flexibility index (Phi) is 6.27. The normalized spacial score (nSPS) is 11.9. The number of nitrogens with zero attached hydrogens (tertiary/aromatic N) is 5. The van der Waals surface area contributed by atoms with Crippen LogP contribution in [0.1, 0.15) is 34.6 Å². The zero-order valence-electron chi connectivity index (χ0n) is 18.0. The number of fused-ring (bicyclic) bond motifs is 1. The van der Waals surface area contributed by atoms with Crippen LogP contribution in [0.3, 0.4) is 0 Å². The van der Waals surface area contributed by atoms with Crippen LogP contribution in [0.2, 0.25) is 0 Å². The lowest BCUT2D eigenvalue weighted by atomic mass is 9.96. The van der Waals surface area contributed by atoms with E-state index in [-0.39, 0.29) is 11.8 Å². The van der Waals surface area contributed by atoms with Crippen molar-refractivity contribution in [3.8, 4) is 11.3 Å². The predicted octanol–water partition coefficient (Wildman–Crippen LogP) is 3.65. The lowest BCUT2D eigenvalue weighted by Gasteiger charge is -2.16. The van der Waals surface area contributed by atoms with Crippen molar-refractivity contribution < 1.29 is 4.79 Å². The number of thiol groups is 1. The Hall–Kier alpha value is -3.59. The van der Waals surface area contributed by atoms with Gasteiger partial charge in [0, 0.05) is 55.1 Å². The number of benzene rings is 1. The summed E-state index contributed by atoms with van der Waals surface area (Å²) in [4.78, 5) is 34.0. The van der Waals surface area contributed by atoms with E-state index in [1.54, 1.807) is 31.7 Å². The molecule has 0 aliphatic rings. The largest absolute Gasteiger partial charge is 0.369 e. The van der Waals surface area contributed by atoms with Crippen molar-refractivity contribution >= 4 is 35.3 Å². The third kappa shape index (κ3) is 4.52. The van der Waals surface area contributed by atoms with Crippen LogP contribution in [0, 0.1) is 6.92 Å². The fraction of sp³-hybridized carbons (Fsp3) is 0.217. The highest BCUT2D eigenvalue weighted by Crippen LogP contribution is 2.27. The molecule has 162 valence electrons. The van der Waals surface area contributed by atoms with Gasteiger partial charge in [0.15, 0.2) is 5.16 Å². The zero-order valence-corrected chi connectivity index (χ0v) is 18.9. The molecule has 4 aromatic rings. The second-order valence-electron chi connectivity index (χ2n) is 7.42. The van der Waals surface area contributed by atoms with Crippen molar-refractivity contribution in [2.45, 2.75) is 24.9 Å². The Morgan fingerprint density at radius 1 is 1.12 bits per heavy atom. The number of aryl methyl sites for hydroxylation is 1. The molecule has 1 amide bonds. The van der Waals surface area contributed by atoms with Gasteiger partial charge in [0.05, 0.1) is 16.8 Å². The maximum Gasteiger partial charge on any atom is 0.251 e. The van der Waals surface area contributed by atoms with Crippen LogP contribution >= 0.6 is 12.6 Å². The molecule has 3 heterocycles. The van der Waals surface area contributed by atoms with E-state index in [4.69, 9.17) is 0 Å². The van der Waals surface area contributed by atoms with Gasteiger partial charge in [0.1, 0.15) is 11.6 Å². The summed E-state index contributed by atoms with van der Waals surface area (Å²) in [6, 6.07) is 9.50. The van der Waals surface area contributed by atoms with Crippen molar-refractivity contribution in [1.29, 1.82) is 0 Å². The molecule has 0 aliphatic heterocycles. The van der Waals surface area contributed by atoms with Crippen LogP contribution in [0.4, 0.5) is 5.82 Å². The first-order chi connectivity index (χ1) is 15.5. The van der Waals surface area contributed by atoms with Crippen molar-refractivity contribution in [1.82, 2.24) is 30.2 Å². The van der Waals surface area contributed by atoms with Crippen molar-refractivity contribution in [2.75, 3.05) is 18.9 Å². The standard InChI is InChI=1S/C23H23N7OS/c1-13(16-5-4-6-17-18(22(31)24-3)7-8-25-21(16)17)10-28-20-9-19(29-23(32)30-20)15-11-26-14(2)27-12-15/h4-9,11-13H,10H2,1-3H3,(H,24,31)(H2,28,29,30,32)/t13-/m1/s1. The Labute approximate surface area is 191 Å². The second kappa shape index (κ2) is 9.27. The molecule has 0 unspecified atom stereocenters. The number of hydrogen-bond acceptors (Lipinski definition) is 8. The number of rotatable bonds is 6. The second-order valence-corrected chi connectivity index (χ2v) is 7.82. The van der Waals surface area contributed by atoms with E-state index in [1.807, 2.05) is 31.2 Å². The van der Waals surface area contributed by atoms with Crippen LogP contribution in [-0.2, 0) is 0 Å². The van der Waals surface area contributed by atoms with Crippen molar-refractivity contribution in [3.05, 3.63) is 65.9 Å². The highest BCUT2D eigenvalue weighted by atomic mass is 32.1. The van der Waals surface area contributed by atoms with Crippen LogP contribution in [0.25, 0.3) is 22.2 Å². The first kappa shape index (κ1) is 21.6. The van der Waals surface area contributed by atoms with Crippen LogP contribution in [0.5, 0.6) is 0 Å². The molecule has 0 bridgehead atoms. The number of aromatic nitrogens is 5. The topological polar surface area (TPSA) is 106 Å². The van der Waals surface area contributed by atoms with Crippen LogP contribution < -0.4 is 10.6 Å². The number of carbonyl (C=O) groups is 1. The van der Waals surface area contributed by atoms with E-state index in [0.29, 0.717) is 34.6 Å². The molecule has 32 heavy (non-hydrogen) atoms. The van der Waals surface area contributed by atoms with Gasteiger partial charge in [-0.05, 0) is 18.6 Å². The van der Waals surface area contributed by atoms with Crippen molar-refractivity contribution in [3.63, 3.8) is 0 Å². The molecule has 1 atom stereocenters. The average Bonchev–Trinajstić information content (AvgIpc) is 2.81. The minimum absolute atomic E-state index is 0.107. The molecule has 0 fully saturated rings. The Balaban J connectivity index is 1.58. The maximum atomic E-state index is 12.2. The highest BCUT2D eigenvalue weighted by Gasteiger charge is 2.15. The number of para-hydroxylation sites is 1. The summed E-state index contributed by atoms with van der Waals surface area (Å²) in [5.41, 5.74) is 3.97. The van der Waals surface area contributed by atoms with E-state index >= 15 is 0 Å². The molecule has 0 saturated carbocycles. The third-order valence-corrected chi connectivity index (χ3v) is 5.39. The van der Waals surface area contributed by atoms with Gasteiger partial charge in [-0.2, -0.15) is 0 Å². The molecule has 3 aromatic heterocycles. The fourth-order valence-corrected chi connectivity index (χ4v) is 3.71. The number of hydrogen-bond donors (Lipinski definition) is 3. The molecule has 9 heteroatoms. The molecule has 0 aliphatic carbocycles. The first-order valence-electron chi connectivity index (χ1n) is 10.2. The summed E-state index contributed by atoms with van der Waals surface area (Å²) in [6.07, 6.45) is 5.14. The fourth-order valence-electron chi connectivity index (χ4n) is 3.49. The molecule has 4 rings (SSSR count). The number of carbonyl (C=O) groups excluding carboxylic acids is 1. The van der Waals surface area contributed by atoms with E-state index in [9.17, 15) is 4.79 Å². The van der Waals surface area contributed by atoms with E-state index in [1.165, 1.54) is 0 Å². The molecule has 1 aromatic carbocycles. The molecule has 0 spiro atoms.